The molecule has 1 aromatic rings. The molecule has 17 heavy (non-hydrogen) atoms. The average molecular weight is 387 g/mol. The molecule has 0 heterocycles. The lowest BCUT2D eigenvalue weighted by atomic mass is 10.3. The first kappa shape index (κ1) is 14.8. The fraction of sp³-hybridized carbons (Fsp3) is 0.400. The van der Waals surface area contributed by atoms with E-state index in [1.165, 1.54) is 7.11 Å². The maximum atomic E-state index is 11.7. The number of anilines is 1. The molecule has 0 spiro atoms. The average Bonchev–Trinajstić information content (AvgIpc) is 2.21. The summed E-state index contributed by atoms with van der Waals surface area (Å²) >= 11 is 6.62. The summed E-state index contributed by atoms with van der Waals surface area (Å²) in [5.74, 6) is 0.667. The van der Waals surface area contributed by atoms with Crippen LogP contribution in [-0.2, 0) is 10.0 Å². The van der Waals surface area contributed by atoms with E-state index in [2.05, 4.69) is 36.6 Å². The number of rotatable bonds is 5. The lowest BCUT2D eigenvalue weighted by Crippen LogP contribution is -2.16. The maximum absolute atomic E-state index is 11.7. The monoisotopic (exact) mass is 385 g/mol. The molecule has 0 aliphatic carbocycles. The Morgan fingerprint density at radius 3 is 2.47 bits per heavy atom. The molecule has 1 aromatic carbocycles. The van der Waals surface area contributed by atoms with E-state index in [9.17, 15) is 8.42 Å². The summed E-state index contributed by atoms with van der Waals surface area (Å²) in [5.41, 5.74) is 0.471. The van der Waals surface area contributed by atoms with Crippen LogP contribution in [0.3, 0.4) is 0 Å². The van der Waals surface area contributed by atoms with Crippen LogP contribution in [-0.4, -0.2) is 21.3 Å². The first-order valence-electron chi connectivity index (χ1n) is 4.93. The van der Waals surface area contributed by atoms with Gasteiger partial charge in [0.05, 0.1) is 23.0 Å². The summed E-state index contributed by atoms with van der Waals surface area (Å²) in [6.07, 6.45) is 0.570. The van der Waals surface area contributed by atoms with Crippen molar-refractivity contribution >= 4 is 47.6 Å². The second kappa shape index (κ2) is 6.06. The van der Waals surface area contributed by atoms with Crippen molar-refractivity contribution in [3.8, 4) is 5.75 Å². The van der Waals surface area contributed by atoms with E-state index in [0.29, 0.717) is 22.3 Å². The zero-order valence-corrected chi connectivity index (χ0v) is 13.4. The molecule has 1 N–H and O–H groups in total. The zero-order chi connectivity index (χ0) is 13.1. The van der Waals surface area contributed by atoms with Gasteiger partial charge in [0.2, 0.25) is 10.0 Å². The number of hydrogen-bond acceptors (Lipinski definition) is 3. The number of ether oxygens (including phenoxy) is 1. The summed E-state index contributed by atoms with van der Waals surface area (Å²) in [5, 5.41) is 0. The SMILES string of the molecule is CCCS(=O)(=O)Nc1cc(OC)c(Br)cc1Br. The number of benzene rings is 1. The van der Waals surface area contributed by atoms with Gasteiger partial charge in [-0.3, -0.25) is 4.72 Å². The molecule has 0 saturated carbocycles. The molecule has 4 nitrogen and oxygen atoms in total. The highest BCUT2D eigenvalue weighted by Gasteiger charge is 2.13. The van der Waals surface area contributed by atoms with Crippen molar-refractivity contribution in [3.63, 3.8) is 0 Å². The van der Waals surface area contributed by atoms with Crippen molar-refractivity contribution in [1.82, 2.24) is 0 Å². The van der Waals surface area contributed by atoms with Crippen molar-refractivity contribution < 1.29 is 13.2 Å². The Kier molecular flexibility index (Phi) is 5.27. The third kappa shape index (κ3) is 4.15. The topological polar surface area (TPSA) is 55.4 Å². The van der Waals surface area contributed by atoms with E-state index in [4.69, 9.17) is 4.74 Å². The van der Waals surface area contributed by atoms with E-state index >= 15 is 0 Å². The Balaban J connectivity index is 3.07. The molecular weight excluding hydrogens is 374 g/mol. The smallest absolute Gasteiger partial charge is 0.232 e. The molecule has 1 rings (SSSR count). The zero-order valence-electron chi connectivity index (χ0n) is 9.46. The molecule has 0 aromatic heterocycles. The van der Waals surface area contributed by atoms with Gasteiger partial charge in [-0.25, -0.2) is 8.42 Å². The Morgan fingerprint density at radius 1 is 1.29 bits per heavy atom. The van der Waals surface area contributed by atoms with Gasteiger partial charge in [0.15, 0.2) is 0 Å². The Labute approximate surface area is 118 Å². The van der Waals surface area contributed by atoms with Crippen LogP contribution in [0, 0.1) is 0 Å². The highest BCUT2D eigenvalue weighted by molar-refractivity contribution is 9.11. The van der Waals surface area contributed by atoms with E-state index in [1.807, 2.05) is 6.92 Å². The van der Waals surface area contributed by atoms with Gasteiger partial charge >= 0.3 is 0 Å². The predicted molar refractivity (Wildman–Crippen MR) is 76.1 cm³/mol. The minimum Gasteiger partial charge on any atom is -0.495 e. The Hall–Kier alpha value is -0.270. The van der Waals surface area contributed by atoms with Crippen molar-refractivity contribution in [1.29, 1.82) is 0 Å². The third-order valence-electron chi connectivity index (χ3n) is 1.98. The van der Waals surface area contributed by atoms with Gasteiger partial charge in [-0.05, 0) is 44.3 Å². The largest absolute Gasteiger partial charge is 0.495 e. The molecule has 0 unspecified atom stereocenters. The van der Waals surface area contributed by atoms with Gasteiger partial charge in [0.1, 0.15) is 5.75 Å². The van der Waals surface area contributed by atoms with Crippen LogP contribution < -0.4 is 9.46 Å². The van der Waals surface area contributed by atoms with E-state index in [1.54, 1.807) is 12.1 Å². The summed E-state index contributed by atoms with van der Waals surface area (Å²) in [7, 11) is -1.77. The first-order valence-corrected chi connectivity index (χ1v) is 8.17. The lowest BCUT2D eigenvalue weighted by Gasteiger charge is -2.11. The number of nitrogens with one attached hydrogen (secondary N) is 1. The Morgan fingerprint density at radius 2 is 1.94 bits per heavy atom. The van der Waals surface area contributed by atoms with Gasteiger partial charge in [0.25, 0.3) is 0 Å². The first-order chi connectivity index (χ1) is 7.89. The molecule has 0 radical (unpaired) electrons. The van der Waals surface area contributed by atoms with Crippen LogP contribution in [0.5, 0.6) is 5.75 Å². The van der Waals surface area contributed by atoms with Gasteiger partial charge < -0.3 is 4.74 Å². The normalized spacial score (nSPS) is 11.3. The fourth-order valence-electron chi connectivity index (χ4n) is 1.25. The molecule has 0 atom stereocenters. The fourth-order valence-corrected chi connectivity index (χ4v) is 3.78. The standard InChI is InChI=1S/C10H13Br2NO3S/c1-3-4-17(14,15)13-9-6-10(16-2)8(12)5-7(9)11/h5-6,13H,3-4H2,1-2H3. The van der Waals surface area contributed by atoms with E-state index < -0.39 is 10.0 Å². The minimum atomic E-state index is -3.30. The molecule has 7 heteroatoms. The van der Waals surface area contributed by atoms with Gasteiger partial charge in [-0.2, -0.15) is 0 Å². The summed E-state index contributed by atoms with van der Waals surface area (Å²) < 4.78 is 32.3. The van der Waals surface area contributed by atoms with Crippen LogP contribution in [0.1, 0.15) is 13.3 Å². The second-order valence-corrected chi connectivity index (χ2v) is 6.94. The number of methoxy groups -OCH3 is 1. The molecule has 0 aliphatic rings. The second-order valence-electron chi connectivity index (χ2n) is 3.39. The van der Waals surface area contributed by atoms with E-state index in [0.717, 1.165) is 4.47 Å². The summed E-state index contributed by atoms with van der Waals surface area (Å²) in [4.78, 5) is 0. The van der Waals surface area contributed by atoms with Crippen molar-refractivity contribution in [2.24, 2.45) is 0 Å². The summed E-state index contributed by atoms with van der Waals surface area (Å²) in [6.45, 7) is 1.82. The van der Waals surface area contributed by atoms with Gasteiger partial charge in [0, 0.05) is 10.5 Å². The van der Waals surface area contributed by atoms with Crippen LogP contribution in [0.2, 0.25) is 0 Å². The van der Waals surface area contributed by atoms with E-state index in [-0.39, 0.29) is 5.75 Å². The molecule has 96 valence electrons. The lowest BCUT2D eigenvalue weighted by molar-refractivity contribution is 0.412. The highest BCUT2D eigenvalue weighted by atomic mass is 79.9. The third-order valence-corrected chi connectivity index (χ3v) is 4.73. The van der Waals surface area contributed by atoms with Crippen LogP contribution >= 0.6 is 31.9 Å². The molecule has 0 bridgehead atoms. The molecule has 0 fully saturated rings. The number of hydrogen-bond donors (Lipinski definition) is 1. The van der Waals surface area contributed by atoms with Crippen molar-refractivity contribution in [3.05, 3.63) is 21.1 Å². The quantitative estimate of drug-likeness (QED) is 0.843. The van der Waals surface area contributed by atoms with Crippen LogP contribution in [0.25, 0.3) is 0 Å². The molecular formula is C10H13Br2NO3S. The summed E-state index contributed by atoms with van der Waals surface area (Å²) in [6, 6.07) is 3.37. The van der Waals surface area contributed by atoms with Gasteiger partial charge in [-0.15, -0.1) is 0 Å². The van der Waals surface area contributed by atoms with Crippen LogP contribution in [0.4, 0.5) is 5.69 Å². The predicted octanol–water partition coefficient (Wildman–Crippen LogP) is 3.37. The molecule has 0 aliphatic heterocycles. The van der Waals surface area contributed by atoms with Crippen molar-refractivity contribution in [2.45, 2.75) is 13.3 Å². The molecule has 0 saturated heterocycles. The molecule has 0 amide bonds. The highest BCUT2D eigenvalue weighted by Crippen LogP contribution is 2.34. The minimum absolute atomic E-state index is 0.0951. The van der Waals surface area contributed by atoms with Gasteiger partial charge in [-0.1, -0.05) is 6.92 Å². The number of halogens is 2. The Bertz CT molecular complexity index is 503. The van der Waals surface area contributed by atoms with Crippen LogP contribution in [0.15, 0.2) is 21.1 Å². The van der Waals surface area contributed by atoms with Crippen molar-refractivity contribution in [2.75, 3.05) is 17.6 Å². The number of sulfonamides is 1. The maximum Gasteiger partial charge on any atom is 0.232 e.